The molecule has 2 aromatic rings. The van der Waals surface area contributed by atoms with Crippen LogP contribution >= 0.6 is 11.8 Å². The minimum Gasteiger partial charge on any atom is -0.448 e. The third-order valence-electron chi connectivity index (χ3n) is 4.44. The van der Waals surface area contributed by atoms with Crippen LogP contribution in [0.4, 0.5) is 0 Å². The Labute approximate surface area is 155 Å². The van der Waals surface area contributed by atoms with Crippen LogP contribution in [0.15, 0.2) is 72.4 Å². The number of thioether (sulfide) groups is 1. The van der Waals surface area contributed by atoms with Gasteiger partial charge in [0.15, 0.2) is 6.10 Å². The van der Waals surface area contributed by atoms with E-state index in [-0.39, 0.29) is 22.4 Å². The normalized spacial score (nSPS) is 21.7. The van der Waals surface area contributed by atoms with E-state index in [9.17, 15) is 9.59 Å². The lowest BCUT2D eigenvalue weighted by Crippen LogP contribution is -2.55. The maximum absolute atomic E-state index is 12.9. The number of hydrogen-bond donors (Lipinski definition) is 1. The monoisotopic (exact) mass is 366 g/mol. The summed E-state index contributed by atoms with van der Waals surface area (Å²) in [6.45, 7) is 0. The van der Waals surface area contributed by atoms with Crippen LogP contribution in [0.3, 0.4) is 0 Å². The Morgan fingerprint density at radius 3 is 2.19 bits per heavy atom. The van der Waals surface area contributed by atoms with Crippen LogP contribution in [0, 0.1) is 0 Å². The lowest BCUT2D eigenvalue weighted by molar-refractivity contribution is -0.151. The molecule has 5 nitrogen and oxygen atoms in total. The van der Waals surface area contributed by atoms with E-state index in [1.807, 2.05) is 60.7 Å². The molecule has 1 saturated heterocycles. The summed E-state index contributed by atoms with van der Waals surface area (Å²) in [5, 5.41) is -0.393. The van der Waals surface area contributed by atoms with Gasteiger partial charge in [-0.05, 0) is 17.2 Å². The number of benzene rings is 2. The fraction of sp³-hybridized carbons (Fsp3) is 0.200. The minimum absolute atomic E-state index is 0.0723. The van der Waals surface area contributed by atoms with Gasteiger partial charge in [0.25, 0.3) is 0 Å². The molecule has 0 aromatic heterocycles. The topological polar surface area (TPSA) is 72.6 Å². The summed E-state index contributed by atoms with van der Waals surface area (Å²) >= 11 is 1.47. The number of ether oxygens (including phenoxy) is 1. The lowest BCUT2D eigenvalue weighted by atomic mass is 10.0. The van der Waals surface area contributed by atoms with Gasteiger partial charge in [-0.15, -0.1) is 11.8 Å². The standard InChI is InChI=1S/C20H18N2O3S/c21-16-11-15(22-17(23)12-18(22)26-16)20(24)25-19(13-7-3-1-4-8-13)14-9-5-2-6-10-14/h1-11,16,18-19H,12,21H2/t16?,18-/m1/s1. The van der Waals surface area contributed by atoms with E-state index < -0.39 is 12.1 Å². The van der Waals surface area contributed by atoms with Crippen molar-refractivity contribution in [1.82, 2.24) is 4.90 Å². The van der Waals surface area contributed by atoms with E-state index in [4.69, 9.17) is 10.5 Å². The SMILES string of the molecule is NC1C=C(C(=O)OC(c2ccccc2)c2ccccc2)N2C(=O)C[C@H]2S1. The summed E-state index contributed by atoms with van der Waals surface area (Å²) in [6, 6.07) is 19.1. The Morgan fingerprint density at radius 2 is 1.65 bits per heavy atom. The Morgan fingerprint density at radius 1 is 1.08 bits per heavy atom. The molecule has 2 aromatic carbocycles. The Balaban J connectivity index is 1.64. The van der Waals surface area contributed by atoms with Crippen LogP contribution in [0.1, 0.15) is 23.7 Å². The molecule has 2 aliphatic heterocycles. The Hall–Kier alpha value is -2.57. The van der Waals surface area contributed by atoms with Gasteiger partial charge in [0.1, 0.15) is 5.70 Å². The summed E-state index contributed by atoms with van der Waals surface area (Å²) in [7, 11) is 0. The molecular weight excluding hydrogens is 348 g/mol. The van der Waals surface area contributed by atoms with Crippen molar-refractivity contribution < 1.29 is 14.3 Å². The van der Waals surface area contributed by atoms with Crippen LogP contribution in [0.5, 0.6) is 0 Å². The van der Waals surface area contributed by atoms with Crippen molar-refractivity contribution in [2.45, 2.75) is 23.3 Å². The van der Waals surface area contributed by atoms with Crippen LogP contribution in [0.25, 0.3) is 0 Å². The summed E-state index contributed by atoms with van der Waals surface area (Å²) in [5.74, 6) is -0.606. The first-order valence-electron chi connectivity index (χ1n) is 8.39. The highest BCUT2D eigenvalue weighted by atomic mass is 32.2. The zero-order valence-corrected chi connectivity index (χ0v) is 14.8. The van der Waals surface area contributed by atoms with Crippen molar-refractivity contribution in [3.05, 3.63) is 83.6 Å². The molecule has 0 saturated carbocycles. The van der Waals surface area contributed by atoms with Gasteiger partial charge in [-0.2, -0.15) is 0 Å². The quantitative estimate of drug-likeness (QED) is 0.665. The van der Waals surface area contributed by atoms with Gasteiger partial charge in [0.05, 0.1) is 17.2 Å². The second kappa shape index (κ2) is 6.97. The number of carbonyl (C=O) groups is 2. The summed E-state index contributed by atoms with van der Waals surface area (Å²) in [4.78, 5) is 26.3. The fourth-order valence-corrected chi connectivity index (χ4v) is 4.32. The maximum Gasteiger partial charge on any atom is 0.355 e. The number of rotatable bonds is 4. The molecule has 2 heterocycles. The van der Waals surface area contributed by atoms with Gasteiger partial charge in [-0.25, -0.2) is 4.79 Å². The number of fused-ring (bicyclic) bond motifs is 1. The second-order valence-corrected chi connectivity index (χ2v) is 7.54. The first-order chi connectivity index (χ1) is 12.6. The largest absolute Gasteiger partial charge is 0.448 e. The van der Waals surface area contributed by atoms with Crippen molar-refractivity contribution in [3.8, 4) is 0 Å². The molecule has 0 spiro atoms. The number of esters is 1. The summed E-state index contributed by atoms with van der Waals surface area (Å²) in [5.41, 5.74) is 7.97. The van der Waals surface area contributed by atoms with E-state index in [1.54, 1.807) is 6.08 Å². The van der Waals surface area contributed by atoms with Gasteiger partial charge in [0, 0.05) is 0 Å². The molecule has 1 unspecified atom stereocenters. The second-order valence-electron chi connectivity index (χ2n) is 6.18. The average molecular weight is 366 g/mol. The van der Waals surface area contributed by atoms with E-state index in [0.29, 0.717) is 6.42 Å². The molecule has 0 radical (unpaired) electrons. The molecule has 2 N–H and O–H groups in total. The number of β-lactam (4-membered cyclic amide) rings is 1. The Kier molecular flexibility index (Phi) is 4.53. The van der Waals surface area contributed by atoms with Crippen LogP contribution < -0.4 is 5.73 Å². The molecule has 4 rings (SSSR count). The van der Waals surface area contributed by atoms with Crippen LogP contribution in [-0.4, -0.2) is 27.5 Å². The third kappa shape index (κ3) is 3.13. The van der Waals surface area contributed by atoms with Gasteiger partial charge in [-0.3, -0.25) is 9.69 Å². The van der Waals surface area contributed by atoms with Gasteiger partial charge in [-0.1, -0.05) is 60.7 Å². The number of amides is 1. The van der Waals surface area contributed by atoms with E-state index >= 15 is 0 Å². The van der Waals surface area contributed by atoms with Gasteiger partial charge in [0.2, 0.25) is 5.91 Å². The first kappa shape index (κ1) is 16.9. The summed E-state index contributed by atoms with van der Waals surface area (Å²) < 4.78 is 5.85. The summed E-state index contributed by atoms with van der Waals surface area (Å²) in [6.07, 6.45) is 1.46. The Bertz CT molecular complexity index is 814. The van der Waals surface area contributed by atoms with Gasteiger partial charge < -0.3 is 10.5 Å². The predicted octanol–water partition coefficient (Wildman–Crippen LogP) is 2.79. The zero-order chi connectivity index (χ0) is 18.1. The molecule has 1 fully saturated rings. The molecule has 2 atom stereocenters. The highest BCUT2D eigenvalue weighted by molar-refractivity contribution is 8.00. The third-order valence-corrected chi connectivity index (χ3v) is 5.58. The maximum atomic E-state index is 12.9. The van der Waals surface area contributed by atoms with Crippen molar-refractivity contribution in [1.29, 1.82) is 0 Å². The number of carbonyl (C=O) groups excluding carboxylic acids is 2. The minimum atomic E-state index is -0.550. The van der Waals surface area contributed by atoms with Crippen molar-refractivity contribution in [3.63, 3.8) is 0 Å². The number of nitrogens with two attached hydrogens (primary N) is 1. The van der Waals surface area contributed by atoms with E-state index in [0.717, 1.165) is 11.1 Å². The fourth-order valence-electron chi connectivity index (χ4n) is 3.16. The number of hydrogen-bond acceptors (Lipinski definition) is 5. The zero-order valence-electron chi connectivity index (χ0n) is 13.9. The van der Waals surface area contributed by atoms with Gasteiger partial charge >= 0.3 is 5.97 Å². The van der Waals surface area contributed by atoms with Crippen LogP contribution in [-0.2, 0) is 14.3 Å². The predicted molar refractivity (Wildman–Crippen MR) is 99.7 cm³/mol. The molecule has 132 valence electrons. The molecule has 0 bridgehead atoms. The van der Waals surface area contributed by atoms with Crippen molar-refractivity contribution >= 4 is 23.6 Å². The van der Waals surface area contributed by atoms with E-state index in [2.05, 4.69) is 0 Å². The number of nitrogens with zero attached hydrogens (tertiary/aromatic N) is 1. The van der Waals surface area contributed by atoms with Crippen LogP contribution in [0.2, 0.25) is 0 Å². The molecule has 2 aliphatic rings. The highest BCUT2D eigenvalue weighted by Gasteiger charge is 2.45. The average Bonchev–Trinajstić information content (AvgIpc) is 2.66. The molecule has 26 heavy (non-hydrogen) atoms. The van der Waals surface area contributed by atoms with Crippen molar-refractivity contribution in [2.75, 3.05) is 0 Å². The molecule has 0 aliphatic carbocycles. The van der Waals surface area contributed by atoms with E-state index in [1.165, 1.54) is 16.7 Å². The van der Waals surface area contributed by atoms with Crippen molar-refractivity contribution in [2.24, 2.45) is 5.73 Å². The lowest BCUT2D eigenvalue weighted by Gasteiger charge is -2.44. The first-order valence-corrected chi connectivity index (χ1v) is 9.33. The molecule has 6 heteroatoms. The molecule has 1 amide bonds. The highest BCUT2D eigenvalue weighted by Crippen LogP contribution is 2.40. The molecular formula is C20H18N2O3S. The smallest absolute Gasteiger partial charge is 0.355 e.